The molecule has 0 bridgehead atoms. The SMILES string of the molecule is Cc1c(N)cccc1NS(=O)(=O)N1CCCCC1. The van der Waals surface area contributed by atoms with E-state index in [1.807, 2.05) is 6.92 Å². The van der Waals surface area contributed by atoms with Gasteiger partial charge < -0.3 is 5.73 Å². The molecule has 2 rings (SSSR count). The fraction of sp³-hybridized carbons (Fsp3) is 0.500. The Morgan fingerprint density at radius 3 is 2.56 bits per heavy atom. The van der Waals surface area contributed by atoms with Crippen molar-refractivity contribution in [2.75, 3.05) is 23.5 Å². The largest absolute Gasteiger partial charge is 0.398 e. The third-order valence-corrected chi connectivity index (χ3v) is 4.79. The van der Waals surface area contributed by atoms with Gasteiger partial charge in [-0.1, -0.05) is 12.5 Å². The molecule has 0 radical (unpaired) electrons. The molecule has 0 unspecified atom stereocenters. The van der Waals surface area contributed by atoms with Crippen molar-refractivity contribution in [3.05, 3.63) is 23.8 Å². The Morgan fingerprint density at radius 1 is 1.22 bits per heavy atom. The first-order valence-electron chi connectivity index (χ1n) is 6.14. The van der Waals surface area contributed by atoms with E-state index in [0.29, 0.717) is 24.5 Å². The Kier molecular flexibility index (Phi) is 3.77. The van der Waals surface area contributed by atoms with Crippen molar-refractivity contribution in [3.63, 3.8) is 0 Å². The lowest BCUT2D eigenvalue weighted by atomic mass is 10.2. The summed E-state index contributed by atoms with van der Waals surface area (Å²) in [6, 6.07) is 5.23. The summed E-state index contributed by atoms with van der Waals surface area (Å²) in [5, 5.41) is 0. The standard InChI is InChI=1S/C12H19N3O2S/c1-10-11(13)6-5-7-12(10)14-18(16,17)15-8-3-2-4-9-15/h5-7,14H,2-4,8-9,13H2,1H3. The van der Waals surface area contributed by atoms with Crippen molar-refractivity contribution >= 4 is 21.6 Å². The molecule has 5 nitrogen and oxygen atoms in total. The zero-order valence-electron chi connectivity index (χ0n) is 10.5. The Labute approximate surface area is 108 Å². The van der Waals surface area contributed by atoms with E-state index in [1.54, 1.807) is 18.2 Å². The number of piperidine rings is 1. The molecule has 100 valence electrons. The Morgan fingerprint density at radius 2 is 1.89 bits per heavy atom. The summed E-state index contributed by atoms with van der Waals surface area (Å²) in [4.78, 5) is 0. The molecule has 1 aromatic rings. The molecule has 3 N–H and O–H groups in total. The van der Waals surface area contributed by atoms with Crippen LogP contribution in [0.25, 0.3) is 0 Å². The van der Waals surface area contributed by atoms with Crippen LogP contribution in [0.3, 0.4) is 0 Å². The minimum absolute atomic E-state index is 0.556. The summed E-state index contributed by atoms with van der Waals surface area (Å²) in [6.07, 6.45) is 2.96. The van der Waals surface area contributed by atoms with Crippen molar-refractivity contribution in [2.45, 2.75) is 26.2 Å². The van der Waals surface area contributed by atoms with Crippen LogP contribution in [0.1, 0.15) is 24.8 Å². The molecule has 0 aromatic heterocycles. The maximum absolute atomic E-state index is 12.2. The number of nitrogens with one attached hydrogen (secondary N) is 1. The highest BCUT2D eigenvalue weighted by atomic mass is 32.2. The number of nitrogens with two attached hydrogens (primary N) is 1. The minimum atomic E-state index is -3.45. The van der Waals surface area contributed by atoms with E-state index in [2.05, 4.69) is 4.72 Å². The zero-order valence-corrected chi connectivity index (χ0v) is 11.3. The van der Waals surface area contributed by atoms with Crippen molar-refractivity contribution in [1.29, 1.82) is 0 Å². The normalized spacial score (nSPS) is 17.6. The molecule has 1 aromatic carbocycles. The van der Waals surface area contributed by atoms with Crippen molar-refractivity contribution in [1.82, 2.24) is 4.31 Å². The maximum atomic E-state index is 12.2. The van der Waals surface area contributed by atoms with Crippen LogP contribution >= 0.6 is 0 Å². The second-order valence-electron chi connectivity index (χ2n) is 4.59. The summed E-state index contributed by atoms with van der Waals surface area (Å²) in [5.74, 6) is 0. The van der Waals surface area contributed by atoms with E-state index < -0.39 is 10.2 Å². The molecule has 1 aliphatic rings. The third-order valence-electron chi connectivity index (χ3n) is 3.27. The van der Waals surface area contributed by atoms with E-state index in [9.17, 15) is 8.42 Å². The minimum Gasteiger partial charge on any atom is -0.398 e. The Hall–Kier alpha value is -1.27. The number of nitrogens with zero attached hydrogens (tertiary/aromatic N) is 1. The summed E-state index contributed by atoms with van der Waals surface area (Å²) in [6.45, 7) is 3.00. The topological polar surface area (TPSA) is 75.4 Å². The van der Waals surface area contributed by atoms with Crippen LogP contribution < -0.4 is 10.5 Å². The number of hydrogen-bond acceptors (Lipinski definition) is 3. The smallest absolute Gasteiger partial charge is 0.301 e. The van der Waals surface area contributed by atoms with Crippen molar-refractivity contribution < 1.29 is 8.42 Å². The average Bonchev–Trinajstić information content (AvgIpc) is 2.36. The van der Waals surface area contributed by atoms with Crippen LogP contribution in [0, 0.1) is 6.92 Å². The van der Waals surface area contributed by atoms with E-state index in [-0.39, 0.29) is 0 Å². The molecule has 1 aliphatic heterocycles. The number of benzene rings is 1. The van der Waals surface area contributed by atoms with Gasteiger partial charge in [-0.25, -0.2) is 0 Å². The fourth-order valence-electron chi connectivity index (χ4n) is 2.07. The monoisotopic (exact) mass is 269 g/mol. The highest BCUT2D eigenvalue weighted by molar-refractivity contribution is 7.90. The quantitative estimate of drug-likeness (QED) is 0.820. The van der Waals surface area contributed by atoms with Crippen LogP contribution in [0.15, 0.2) is 18.2 Å². The molecule has 18 heavy (non-hydrogen) atoms. The van der Waals surface area contributed by atoms with Crippen molar-refractivity contribution in [3.8, 4) is 0 Å². The summed E-state index contributed by atoms with van der Waals surface area (Å²) >= 11 is 0. The number of nitrogen functional groups attached to an aromatic ring is 1. The number of hydrogen-bond donors (Lipinski definition) is 2. The first-order chi connectivity index (χ1) is 8.50. The van der Waals surface area contributed by atoms with Crippen LogP contribution in [0.2, 0.25) is 0 Å². The predicted octanol–water partition coefficient (Wildman–Crippen LogP) is 1.72. The van der Waals surface area contributed by atoms with Crippen LogP contribution in [-0.4, -0.2) is 25.8 Å². The lowest BCUT2D eigenvalue weighted by Crippen LogP contribution is -2.39. The van der Waals surface area contributed by atoms with Crippen molar-refractivity contribution in [2.24, 2.45) is 0 Å². The molecular weight excluding hydrogens is 250 g/mol. The van der Waals surface area contributed by atoms with E-state index in [1.165, 1.54) is 4.31 Å². The van der Waals surface area contributed by atoms with Gasteiger partial charge in [-0.05, 0) is 37.5 Å². The lowest BCUT2D eigenvalue weighted by molar-refractivity contribution is 0.349. The van der Waals surface area contributed by atoms with Gasteiger partial charge in [0, 0.05) is 18.8 Å². The highest BCUT2D eigenvalue weighted by Crippen LogP contribution is 2.23. The second-order valence-corrected chi connectivity index (χ2v) is 6.26. The predicted molar refractivity (Wildman–Crippen MR) is 73.6 cm³/mol. The van der Waals surface area contributed by atoms with Crippen LogP contribution in [0.4, 0.5) is 11.4 Å². The van der Waals surface area contributed by atoms with E-state index in [0.717, 1.165) is 24.8 Å². The second kappa shape index (κ2) is 5.16. The molecule has 6 heteroatoms. The number of rotatable bonds is 3. The summed E-state index contributed by atoms with van der Waals surface area (Å²) < 4.78 is 28.5. The van der Waals surface area contributed by atoms with Gasteiger partial charge in [0.1, 0.15) is 0 Å². The maximum Gasteiger partial charge on any atom is 0.301 e. The van der Waals surface area contributed by atoms with Gasteiger partial charge in [-0.15, -0.1) is 0 Å². The first-order valence-corrected chi connectivity index (χ1v) is 7.58. The summed E-state index contributed by atoms with van der Waals surface area (Å²) in [7, 11) is -3.45. The van der Waals surface area contributed by atoms with Gasteiger partial charge in [0.15, 0.2) is 0 Å². The Balaban J connectivity index is 2.19. The molecule has 0 saturated carbocycles. The highest BCUT2D eigenvalue weighted by Gasteiger charge is 2.24. The number of anilines is 2. The van der Waals surface area contributed by atoms with Crippen LogP contribution in [0.5, 0.6) is 0 Å². The zero-order chi connectivity index (χ0) is 13.2. The van der Waals surface area contributed by atoms with Gasteiger partial charge in [-0.3, -0.25) is 4.72 Å². The fourth-order valence-corrected chi connectivity index (χ4v) is 3.44. The lowest BCUT2D eigenvalue weighted by Gasteiger charge is -2.26. The molecule has 1 heterocycles. The van der Waals surface area contributed by atoms with Crippen LogP contribution in [-0.2, 0) is 10.2 Å². The molecule has 0 atom stereocenters. The van der Waals surface area contributed by atoms with E-state index >= 15 is 0 Å². The van der Waals surface area contributed by atoms with Gasteiger partial charge in [-0.2, -0.15) is 12.7 Å². The molecule has 1 fully saturated rings. The third kappa shape index (κ3) is 2.76. The molecule has 0 amide bonds. The van der Waals surface area contributed by atoms with E-state index in [4.69, 9.17) is 5.73 Å². The van der Waals surface area contributed by atoms with Gasteiger partial charge >= 0.3 is 10.2 Å². The Bertz CT molecular complexity index is 522. The summed E-state index contributed by atoms with van der Waals surface area (Å²) in [5.41, 5.74) is 7.68. The molecule has 0 spiro atoms. The molecular formula is C12H19N3O2S. The van der Waals surface area contributed by atoms with Gasteiger partial charge in [0.25, 0.3) is 0 Å². The average molecular weight is 269 g/mol. The van der Waals surface area contributed by atoms with Gasteiger partial charge in [0.2, 0.25) is 0 Å². The first kappa shape index (κ1) is 13.2. The van der Waals surface area contributed by atoms with Gasteiger partial charge in [0.05, 0.1) is 5.69 Å². The molecule has 1 saturated heterocycles. The molecule has 0 aliphatic carbocycles.